The van der Waals surface area contributed by atoms with E-state index in [-0.39, 0.29) is 5.91 Å². The maximum Gasteiger partial charge on any atom is 0.254 e. The number of hydrogen-bond acceptors (Lipinski definition) is 4. The van der Waals surface area contributed by atoms with Crippen LogP contribution < -0.4 is 5.32 Å². The maximum absolute atomic E-state index is 13.1. The predicted octanol–water partition coefficient (Wildman–Crippen LogP) is 2.98. The van der Waals surface area contributed by atoms with Crippen LogP contribution in [0.2, 0.25) is 0 Å². The molecule has 28 heavy (non-hydrogen) atoms. The van der Waals surface area contributed by atoms with Gasteiger partial charge in [-0.15, -0.1) is 0 Å². The van der Waals surface area contributed by atoms with Crippen LogP contribution in [0.5, 0.6) is 0 Å². The van der Waals surface area contributed by atoms with Crippen molar-refractivity contribution in [3.8, 4) is 0 Å². The van der Waals surface area contributed by atoms with Gasteiger partial charge in [0.1, 0.15) is 5.25 Å². The molecule has 3 atom stereocenters. The summed E-state index contributed by atoms with van der Waals surface area (Å²) < 4.78 is 30.9. The molecule has 2 aromatic rings. The van der Waals surface area contributed by atoms with Crippen LogP contribution in [0.4, 0.5) is 0 Å². The summed E-state index contributed by atoms with van der Waals surface area (Å²) >= 11 is 0. The van der Waals surface area contributed by atoms with Gasteiger partial charge in [-0.25, -0.2) is 8.42 Å². The fraction of sp³-hybridized carbons (Fsp3) is 0.409. The second kappa shape index (κ2) is 7.68. The Bertz CT molecular complexity index is 954. The molecule has 0 heterocycles. The molecular formula is C22H25NO4S. The molecule has 0 radical (unpaired) electrons. The average Bonchev–Trinajstić information content (AvgIpc) is 3.40. The van der Waals surface area contributed by atoms with Gasteiger partial charge in [-0.05, 0) is 41.9 Å². The van der Waals surface area contributed by atoms with Gasteiger partial charge in [-0.3, -0.25) is 4.79 Å². The number of amides is 1. The van der Waals surface area contributed by atoms with Crippen molar-refractivity contribution in [2.75, 3.05) is 12.9 Å². The van der Waals surface area contributed by atoms with Gasteiger partial charge in [-0.1, -0.05) is 54.6 Å². The molecule has 2 aromatic carbocycles. The number of rotatable bonds is 7. The largest absolute Gasteiger partial charge is 0.363 e. The molecule has 2 aliphatic rings. The van der Waals surface area contributed by atoms with Crippen LogP contribution in [0, 0.1) is 5.92 Å². The molecule has 5 nitrogen and oxygen atoms in total. The molecule has 0 bridgehead atoms. The number of nitrogens with one attached hydrogen (secondary N) is 1. The van der Waals surface area contributed by atoms with Crippen molar-refractivity contribution in [1.29, 1.82) is 0 Å². The first-order chi connectivity index (χ1) is 13.4. The maximum atomic E-state index is 13.1. The molecule has 1 fully saturated rings. The second-order valence-corrected chi connectivity index (χ2v) is 10.0. The van der Waals surface area contributed by atoms with Crippen LogP contribution in [-0.4, -0.2) is 33.2 Å². The third-order valence-corrected chi connectivity index (χ3v) is 7.00. The van der Waals surface area contributed by atoms with Gasteiger partial charge in [0.25, 0.3) is 5.91 Å². The third kappa shape index (κ3) is 4.13. The smallest absolute Gasteiger partial charge is 0.254 e. The summed E-state index contributed by atoms with van der Waals surface area (Å²) in [5.74, 6) is 0.247. The summed E-state index contributed by atoms with van der Waals surface area (Å²) in [4.78, 5) is 13.1. The molecule has 4 rings (SSSR count). The van der Waals surface area contributed by atoms with Gasteiger partial charge >= 0.3 is 0 Å². The second-order valence-electron chi connectivity index (χ2n) is 7.84. The van der Waals surface area contributed by atoms with E-state index in [9.17, 15) is 13.2 Å². The number of benzene rings is 2. The van der Waals surface area contributed by atoms with E-state index >= 15 is 0 Å². The molecular weight excluding hydrogens is 374 g/mol. The van der Waals surface area contributed by atoms with E-state index in [1.807, 2.05) is 54.6 Å². The summed E-state index contributed by atoms with van der Waals surface area (Å²) in [6, 6.07) is 16.4. The lowest BCUT2D eigenvalue weighted by Gasteiger charge is -2.24. The molecule has 148 valence electrons. The lowest BCUT2D eigenvalue weighted by atomic mass is 10.1. The molecule has 2 aliphatic carbocycles. The molecule has 6 heteroatoms. The zero-order chi connectivity index (χ0) is 19.7. The molecule has 0 spiro atoms. The van der Waals surface area contributed by atoms with Crippen molar-refractivity contribution in [2.24, 2.45) is 5.92 Å². The van der Waals surface area contributed by atoms with Crippen molar-refractivity contribution in [1.82, 2.24) is 5.32 Å². The first-order valence-corrected chi connectivity index (χ1v) is 11.6. The third-order valence-electron chi connectivity index (χ3n) is 5.49. The van der Waals surface area contributed by atoms with Gasteiger partial charge < -0.3 is 10.1 Å². The number of fused-ring (bicyclic) bond motifs is 1. The summed E-state index contributed by atoms with van der Waals surface area (Å²) in [5.41, 5.74) is 2.54. The highest BCUT2D eigenvalue weighted by Crippen LogP contribution is 2.37. The molecule has 0 saturated heterocycles. The van der Waals surface area contributed by atoms with Gasteiger partial charge in [0, 0.05) is 6.26 Å². The SMILES string of the molecule is CS(=O)(=O)[C@@H]1c2ccccc2C[C@H]1NC(=O)C(OCC1CC1)c1ccccc1. The van der Waals surface area contributed by atoms with Gasteiger partial charge in [0.2, 0.25) is 0 Å². The zero-order valence-corrected chi connectivity index (χ0v) is 16.7. The van der Waals surface area contributed by atoms with Crippen molar-refractivity contribution in [3.05, 3.63) is 71.3 Å². The number of carbonyl (C=O) groups is 1. The predicted molar refractivity (Wildman–Crippen MR) is 108 cm³/mol. The van der Waals surface area contributed by atoms with E-state index in [4.69, 9.17) is 4.74 Å². The Morgan fingerprint density at radius 2 is 1.79 bits per heavy atom. The van der Waals surface area contributed by atoms with E-state index in [2.05, 4.69) is 5.32 Å². The van der Waals surface area contributed by atoms with Gasteiger partial charge in [-0.2, -0.15) is 0 Å². The van der Waals surface area contributed by atoms with Crippen molar-refractivity contribution >= 4 is 15.7 Å². The van der Waals surface area contributed by atoms with E-state index in [0.29, 0.717) is 18.9 Å². The lowest BCUT2D eigenvalue weighted by molar-refractivity contribution is -0.134. The Morgan fingerprint density at radius 3 is 2.46 bits per heavy atom. The Kier molecular flexibility index (Phi) is 5.25. The van der Waals surface area contributed by atoms with Crippen LogP contribution in [0.1, 0.15) is 40.9 Å². The van der Waals surface area contributed by atoms with Crippen LogP contribution in [0.15, 0.2) is 54.6 Å². The van der Waals surface area contributed by atoms with E-state index < -0.39 is 27.2 Å². The summed E-state index contributed by atoms with van der Waals surface area (Å²) in [6.07, 6.45) is 3.28. The van der Waals surface area contributed by atoms with Crippen molar-refractivity contribution in [2.45, 2.75) is 36.7 Å². The van der Waals surface area contributed by atoms with Crippen LogP contribution in [-0.2, 0) is 25.8 Å². The van der Waals surface area contributed by atoms with E-state index in [1.54, 1.807) is 0 Å². The fourth-order valence-electron chi connectivity index (χ4n) is 3.94. The normalized spacial score (nSPS) is 22.5. The molecule has 1 N–H and O–H groups in total. The van der Waals surface area contributed by atoms with Crippen molar-refractivity contribution in [3.63, 3.8) is 0 Å². The molecule has 1 amide bonds. The molecule has 0 aromatic heterocycles. The zero-order valence-electron chi connectivity index (χ0n) is 15.9. The number of hydrogen-bond donors (Lipinski definition) is 1. The topological polar surface area (TPSA) is 72.5 Å². The van der Waals surface area contributed by atoms with E-state index in [1.165, 1.54) is 6.26 Å². The first-order valence-electron chi connectivity index (χ1n) is 9.67. The standard InChI is InChI=1S/C22H25NO4S/c1-28(25,26)21-18-10-6-5-9-17(18)13-19(21)23-22(24)20(27-14-15-11-12-15)16-7-3-2-4-8-16/h2-10,15,19-21H,11-14H2,1H3,(H,23,24)/t19-,20?,21-/m1/s1. The molecule has 0 aliphatic heterocycles. The quantitative estimate of drug-likeness (QED) is 0.777. The minimum absolute atomic E-state index is 0.279. The first kappa shape index (κ1) is 19.2. The van der Waals surface area contributed by atoms with Crippen LogP contribution in [0.3, 0.4) is 0 Å². The Balaban J connectivity index is 1.56. The number of sulfone groups is 1. The van der Waals surface area contributed by atoms with E-state index in [0.717, 1.165) is 29.5 Å². The van der Waals surface area contributed by atoms with Crippen molar-refractivity contribution < 1.29 is 17.9 Å². The average molecular weight is 400 g/mol. The highest BCUT2D eigenvalue weighted by molar-refractivity contribution is 7.91. The number of ether oxygens (including phenoxy) is 1. The summed E-state index contributed by atoms with van der Waals surface area (Å²) in [5, 5.41) is 2.25. The Labute approximate surface area is 166 Å². The van der Waals surface area contributed by atoms with Crippen LogP contribution >= 0.6 is 0 Å². The highest BCUT2D eigenvalue weighted by atomic mass is 32.2. The fourth-order valence-corrected chi connectivity index (χ4v) is 5.39. The highest BCUT2D eigenvalue weighted by Gasteiger charge is 2.41. The molecule has 1 unspecified atom stereocenters. The Morgan fingerprint density at radius 1 is 1.11 bits per heavy atom. The van der Waals surface area contributed by atoms with Crippen LogP contribution in [0.25, 0.3) is 0 Å². The summed E-state index contributed by atoms with van der Waals surface area (Å²) in [6.45, 7) is 0.549. The summed E-state index contributed by atoms with van der Waals surface area (Å²) in [7, 11) is -3.37. The number of carbonyl (C=O) groups excluding carboxylic acids is 1. The van der Waals surface area contributed by atoms with Gasteiger partial charge in [0.15, 0.2) is 15.9 Å². The monoisotopic (exact) mass is 399 g/mol. The molecule has 1 saturated carbocycles. The van der Waals surface area contributed by atoms with Gasteiger partial charge in [0.05, 0.1) is 12.6 Å². The lowest BCUT2D eigenvalue weighted by Crippen LogP contribution is -2.43. The minimum atomic E-state index is -3.37. The Hall–Kier alpha value is -2.18. The minimum Gasteiger partial charge on any atom is -0.363 e.